The molecular weight excluding hydrogens is 574 g/mol. The van der Waals surface area contributed by atoms with Gasteiger partial charge in [0.05, 0.1) is 0 Å². The molecule has 2 aromatic carbocycles. The summed E-state index contributed by atoms with van der Waals surface area (Å²) in [7, 11) is 0. The van der Waals surface area contributed by atoms with Gasteiger partial charge in [-0.05, 0) is 24.3 Å². The molecule has 2 heterocycles. The maximum atomic E-state index is 10.9. The fourth-order valence-electron chi connectivity index (χ4n) is 2.16. The van der Waals surface area contributed by atoms with Gasteiger partial charge in [-0.15, -0.1) is 0 Å². The first kappa shape index (κ1) is 25.1. The number of rotatable bonds is 0. The van der Waals surface area contributed by atoms with Crippen molar-refractivity contribution >= 4 is 33.3 Å². The Morgan fingerprint density at radius 2 is 0.963 bits per heavy atom. The number of benzene rings is 2. The number of nitrogen functional groups attached to an aromatic ring is 2. The van der Waals surface area contributed by atoms with Crippen LogP contribution in [0.25, 0.3) is 21.9 Å². The van der Waals surface area contributed by atoms with Crippen molar-refractivity contribution in [1.82, 2.24) is 0 Å². The molecule has 0 radical (unpaired) electrons. The van der Waals surface area contributed by atoms with Crippen molar-refractivity contribution in [2.75, 3.05) is 11.5 Å². The number of fused-ring (bicyclic) bond motifs is 2. The average Bonchev–Trinajstić information content (AvgIpc) is 2.57. The molecule has 144 valence electrons. The van der Waals surface area contributed by atoms with Gasteiger partial charge in [0, 0.05) is 10.8 Å². The molecule has 0 saturated heterocycles. The van der Waals surface area contributed by atoms with Crippen LogP contribution in [0.15, 0.2) is 79.1 Å². The second kappa shape index (κ2) is 11.0. The minimum atomic E-state index is -0.478. The Morgan fingerprint density at radius 3 is 1.33 bits per heavy atom. The van der Waals surface area contributed by atoms with Crippen molar-refractivity contribution in [1.29, 1.82) is 0 Å². The molecule has 6 nitrogen and oxygen atoms in total. The molecule has 0 aliphatic heterocycles. The molecule has 4 N–H and O–H groups in total. The van der Waals surface area contributed by atoms with Crippen LogP contribution < -0.4 is 56.7 Å². The van der Waals surface area contributed by atoms with E-state index in [2.05, 4.69) is 0 Å². The van der Waals surface area contributed by atoms with E-state index in [1.807, 2.05) is 36.4 Å². The normalized spacial score (nSPS) is 9.19. The average molecular weight is 589 g/mol. The summed E-state index contributed by atoms with van der Waals surface area (Å²) in [6.45, 7) is 0. The molecular formula is C18H14Br2N2O4Pd. The van der Waals surface area contributed by atoms with Gasteiger partial charge in [-0.2, -0.15) is 0 Å². The Labute approximate surface area is 188 Å². The largest absolute Gasteiger partial charge is 2.00 e. The van der Waals surface area contributed by atoms with Gasteiger partial charge in [0.25, 0.3) is 0 Å². The number of hydrogen-bond donors (Lipinski definition) is 2. The van der Waals surface area contributed by atoms with Gasteiger partial charge in [-0.3, -0.25) is 0 Å². The van der Waals surface area contributed by atoms with Gasteiger partial charge in [0.2, 0.25) is 0 Å². The molecule has 27 heavy (non-hydrogen) atoms. The smallest absolute Gasteiger partial charge is 1.00 e. The SMILES string of the molecule is Nc1cc2ccccc2oc1=O.Nc1cc2ccccc2oc1=O.[Br-].[Br-].[Pd+2]. The van der Waals surface area contributed by atoms with Crippen LogP contribution in [0.2, 0.25) is 0 Å². The first-order valence-corrected chi connectivity index (χ1v) is 7.11. The Morgan fingerprint density at radius 1 is 0.630 bits per heavy atom. The minimum absolute atomic E-state index is 0. The molecule has 0 atom stereocenters. The molecule has 4 rings (SSSR count). The monoisotopic (exact) mass is 586 g/mol. The molecule has 0 fully saturated rings. The van der Waals surface area contributed by atoms with Crippen LogP contribution in [0.5, 0.6) is 0 Å². The second-order valence-corrected chi connectivity index (χ2v) is 5.05. The van der Waals surface area contributed by atoms with E-state index >= 15 is 0 Å². The first-order valence-electron chi connectivity index (χ1n) is 7.11. The van der Waals surface area contributed by atoms with E-state index in [0.717, 1.165) is 10.8 Å². The molecule has 0 amide bonds. The summed E-state index contributed by atoms with van der Waals surface area (Å²) in [5.74, 6) is 0. The third kappa shape index (κ3) is 6.04. The number of hydrogen-bond acceptors (Lipinski definition) is 6. The Balaban J connectivity index is 0.000000451. The maximum absolute atomic E-state index is 10.9. The number of halogens is 2. The van der Waals surface area contributed by atoms with E-state index in [1.165, 1.54) is 0 Å². The standard InChI is InChI=1S/2C9H7NO2.2BrH.Pd/c2*10-7-5-6-3-1-2-4-8(6)12-9(7)11;;;/h2*1-5H,10H2;2*1H;/q;;;;+2/p-2. The van der Waals surface area contributed by atoms with Crippen LogP contribution in [-0.2, 0) is 20.4 Å². The van der Waals surface area contributed by atoms with Gasteiger partial charge < -0.3 is 54.3 Å². The zero-order valence-corrected chi connectivity index (χ0v) is 18.4. The number of anilines is 2. The van der Waals surface area contributed by atoms with Crippen molar-refractivity contribution in [3.8, 4) is 0 Å². The van der Waals surface area contributed by atoms with Crippen LogP contribution in [0.4, 0.5) is 11.4 Å². The molecule has 4 aromatic rings. The summed E-state index contributed by atoms with van der Waals surface area (Å²) in [6, 6.07) is 17.7. The van der Waals surface area contributed by atoms with Crippen molar-refractivity contribution in [3.05, 3.63) is 81.5 Å². The van der Waals surface area contributed by atoms with E-state index in [0.29, 0.717) is 11.2 Å². The summed E-state index contributed by atoms with van der Waals surface area (Å²) in [4.78, 5) is 21.9. The number of nitrogens with two attached hydrogens (primary N) is 2. The Kier molecular flexibility index (Phi) is 10.3. The molecule has 0 aliphatic carbocycles. The van der Waals surface area contributed by atoms with E-state index in [4.69, 9.17) is 20.3 Å². The van der Waals surface area contributed by atoms with Gasteiger partial charge >= 0.3 is 31.7 Å². The summed E-state index contributed by atoms with van der Waals surface area (Å²) in [5.41, 5.74) is 11.2. The van der Waals surface area contributed by atoms with Crippen molar-refractivity contribution in [2.45, 2.75) is 0 Å². The molecule has 0 saturated carbocycles. The maximum Gasteiger partial charge on any atom is 2.00 e. The predicted octanol–water partition coefficient (Wildman–Crippen LogP) is -3.24. The molecule has 0 aliphatic rings. The van der Waals surface area contributed by atoms with Crippen molar-refractivity contribution in [3.63, 3.8) is 0 Å². The van der Waals surface area contributed by atoms with Crippen molar-refractivity contribution in [2.24, 2.45) is 0 Å². The van der Waals surface area contributed by atoms with E-state index < -0.39 is 11.3 Å². The molecule has 0 unspecified atom stereocenters. The predicted molar refractivity (Wildman–Crippen MR) is 93.8 cm³/mol. The Hall–Kier alpha value is -1.92. The van der Waals surface area contributed by atoms with Gasteiger partial charge in [0.15, 0.2) is 0 Å². The molecule has 0 spiro atoms. The van der Waals surface area contributed by atoms with Crippen LogP contribution in [0.1, 0.15) is 0 Å². The van der Waals surface area contributed by atoms with E-state index in [1.54, 1.807) is 24.3 Å². The summed E-state index contributed by atoms with van der Waals surface area (Å²) in [6.07, 6.45) is 0. The third-order valence-corrected chi connectivity index (χ3v) is 3.34. The first-order chi connectivity index (χ1) is 11.5. The minimum Gasteiger partial charge on any atom is -1.00 e. The summed E-state index contributed by atoms with van der Waals surface area (Å²) in [5, 5.41) is 1.68. The quantitative estimate of drug-likeness (QED) is 0.165. The summed E-state index contributed by atoms with van der Waals surface area (Å²) >= 11 is 0. The van der Waals surface area contributed by atoms with Gasteiger partial charge in [0.1, 0.15) is 22.5 Å². The van der Waals surface area contributed by atoms with E-state index in [9.17, 15) is 9.59 Å². The van der Waals surface area contributed by atoms with Crippen LogP contribution in [0, 0.1) is 0 Å². The van der Waals surface area contributed by atoms with Gasteiger partial charge in [-0.1, -0.05) is 36.4 Å². The Bertz CT molecular complexity index is 1050. The zero-order chi connectivity index (χ0) is 17.1. The molecule has 0 bridgehead atoms. The number of para-hydroxylation sites is 2. The molecule has 2 aromatic heterocycles. The van der Waals surface area contributed by atoms with Crippen LogP contribution in [0.3, 0.4) is 0 Å². The fourth-order valence-corrected chi connectivity index (χ4v) is 2.16. The summed E-state index contributed by atoms with van der Waals surface area (Å²) < 4.78 is 9.82. The fraction of sp³-hybridized carbons (Fsp3) is 0. The van der Waals surface area contributed by atoms with Crippen LogP contribution in [-0.4, -0.2) is 0 Å². The van der Waals surface area contributed by atoms with Crippen molar-refractivity contribution < 1.29 is 63.2 Å². The molecule has 9 heteroatoms. The zero-order valence-electron chi connectivity index (χ0n) is 13.6. The third-order valence-electron chi connectivity index (χ3n) is 3.34. The van der Waals surface area contributed by atoms with Gasteiger partial charge in [-0.25, -0.2) is 9.59 Å². The van der Waals surface area contributed by atoms with Crippen LogP contribution >= 0.6 is 0 Å². The second-order valence-electron chi connectivity index (χ2n) is 5.05. The topological polar surface area (TPSA) is 112 Å². The van der Waals surface area contributed by atoms with E-state index in [-0.39, 0.29) is 65.8 Å².